The van der Waals surface area contributed by atoms with E-state index in [0.717, 1.165) is 30.3 Å². The lowest BCUT2D eigenvalue weighted by Gasteiger charge is -2.11. The summed E-state index contributed by atoms with van der Waals surface area (Å²) >= 11 is 0. The van der Waals surface area contributed by atoms with Gasteiger partial charge in [0.15, 0.2) is 6.61 Å². The quantitative estimate of drug-likeness (QED) is 0.707. The second-order valence-electron chi connectivity index (χ2n) is 5.16. The number of amides is 1. The predicted molar refractivity (Wildman–Crippen MR) is 89.6 cm³/mol. The number of rotatable bonds is 6. The lowest BCUT2D eigenvalue weighted by atomic mass is 10.2. The van der Waals surface area contributed by atoms with E-state index in [0.29, 0.717) is 0 Å². The van der Waals surface area contributed by atoms with Gasteiger partial charge < -0.3 is 14.8 Å². The van der Waals surface area contributed by atoms with Crippen LogP contribution in [0.5, 0.6) is 5.75 Å². The molecule has 0 aliphatic carbocycles. The van der Waals surface area contributed by atoms with Gasteiger partial charge in [-0.05, 0) is 30.3 Å². The summed E-state index contributed by atoms with van der Waals surface area (Å²) in [5.41, 5.74) is -0.710. The van der Waals surface area contributed by atoms with Crippen LogP contribution >= 0.6 is 0 Å². The second kappa shape index (κ2) is 8.10. The summed E-state index contributed by atoms with van der Waals surface area (Å²) in [7, 11) is -2.85. The van der Waals surface area contributed by atoms with E-state index in [-0.39, 0.29) is 16.2 Å². The smallest absolute Gasteiger partial charge is 0.342 e. The van der Waals surface area contributed by atoms with E-state index in [1.807, 2.05) is 5.32 Å². The van der Waals surface area contributed by atoms with Crippen molar-refractivity contribution in [1.82, 2.24) is 0 Å². The number of nitrogens with one attached hydrogen (secondary N) is 1. The number of methoxy groups -OCH3 is 1. The maximum atomic E-state index is 13.5. The number of carbonyl (C=O) groups is 2. The maximum absolute atomic E-state index is 13.5. The monoisotopic (exact) mass is 400 g/mol. The maximum Gasteiger partial charge on any atom is 0.342 e. The van der Waals surface area contributed by atoms with E-state index >= 15 is 0 Å². The molecule has 11 heteroatoms. The molecule has 1 amide bonds. The zero-order valence-corrected chi connectivity index (χ0v) is 14.7. The highest BCUT2D eigenvalue weighted by Crippen LogP contribution is 2.23. The third-order valence-electron chi connectivity index (χ3n) is 3.26. The van der Waals surface area contributed by atoms with Crippen molar-refractivity contribution < 1.29 is 36.3 Å². The number of esters is 1. The molecule has 0 aliphatic heterocycles. The molecule has 2 aromatic rings. The van der Waals surface area contributed by atoms with E-state index in [4.69, 9.17) is 14.6 Å². The lowest BCUT2D eigenvalue weighted by Crippen LogP contribution is -2.22. The van der Waals surface area contributed by atoms with Crippen LogP contribution in [0.4, 0.5) is 14.5 Å². The predicted octanol–water partition coefficient (Wildman–Crippen LogP) is 1.42. The molecule has 0 radical (unpaired) electrons. The molecule has 0 saturated carbocycles. The fraction of sp³-hybridized carbons (Fsp3) is 0.125. The Morgan fingerprint density at radius 1 is 1.15 bits per heavy atom. The van der Waals surface area contributed by atoms with Crippen molar-refractivity contribution in [3.63, 3.8) is 0 Å². The molecule has 0 aliphatic rings. The van der Waals surface area contributed by atoms with Gasteiger partial charge in [-0.2, -0.15) is 0 Å². The molecular weight excluding hydrogens is 386 g/mol. The standard InChI is InChI=1S/C16H14F2N2O6S/c1-25-14-5-3-10(27(19,23)24)7-11(14)16(22)26-8-15(21)20-13-6-9(17)2-4-12(13)18/h2-7H,8H2,1H3,(H,20,21)(H2,19,23,24). The Morgan fingerprint density at radius 3 is 2.48 bits per heavy atom. The van der Waals surface area contributed by atoms with Crippen LogP contribution in [0.2, 0.25) is 0 Å². The molecule has 0 spiro atoms. The minimum absolute atomic E-state index is 0.0102. The molecule has 3 N–H and O–H groups in total. The number of halogens is 2. The number of carbonyl (C=O) groups excluding carboxylic acids is 2. The van der Waals surface area contributed by atoms with Crippen LogP contribution in [0, 0.1) is 11.6 Å². The highest BCUT2D eigenvalue weighted by molar-refractivity contribution is 7.89. The van der Waals surface area contributed by atoms with Crippen molar-refractivity contribution in [3.8, 4) is 5.75 Å². The second-order valence-corrected chi connectivity index (χ2v) is 6.72. The van der Waals surface area contributed by atoms with Crippen molar-refractivity contribution in [2.24, 2.45) is 5.14 Å². The van der Waals surface area contributed by atoms with Crippen molar-refractivity contribution >= 4 is 27.6 Å². The first-order valence-corrected chi connectivity index (χ1v) is 8.79. The van der Waals surface area contributed by atoms with E-state index < -0.39 is 45.8 Å². The third-order valence-corrected chi connectivity index (χ3v) is 4.17. The first kappa shape index (κ1) is 20.3. The average Bonchev–Trinajstić information content (AvgIpc) is 2.61. The highest BCUT2D eigenvalue weighted by atomic mass is 32.2. The van der Waals surface area contributed by atoms with Crippen LogP contribution in [0.1, 0.15) is 10.4 Å². The fourth-order valence-corrected chi connectivity index (χ4v) is 2.55. The largest absolute Gasteiger partial charge is 0.496 e. The molecule has 2 aromatic carbocycles. The van der Waals surface area contributed by atoms with Crippen LogP contribution in [0.15, 0.2) is 41.3 Å². The van der Waals surface area contributed by atoms with Gasteiger partial charge in [0.1, 0.15) is 22.9 Å². The van der Waals surface area contributed by atoms with Gasteiger partial charge in [0.05, 0.1) is 17.7 Å². The van der Waals surface area contributed by atoms with Gasteiger partial charge in [0, 0.05) is 6.07 Å². The van der Waals surface area contributed by atoms with Crippen molar-refractivity contribution in [3.05, 3.63) is 53.6 Å². The van der Waals surface area contributed by atoms with Crippen LogP contribution in [-0.4, -0.2) is 34.0 Å². The summed E-state index contributed by atoms with van der Waals surface area (Å²) in [6.07, 6.45) is 0. The van der Waals surface area contributed by atoms with Crippen LogP contribution in [-0.2, 0) is 19.6 Å². The minimum Gasteiger partial charge on any atom is -0.496 e. The number of hydrogen-bond donors (Lipinski definition) is 2. The number of anilines is 1. The summed E-state index contributed by atoms with van der Waals surface area (Å²) in [5, 5.41) is 7.04. The van der Waals surface area contributed by atoms with E-state index in [9.17, 15) is 26.8 Å². The molecule has 2 rings (SSSR count). The molecule has 0 aromatic heterocycles. The fourth-order valence-electron chi connectivity index (χ4n) is 2.01. The van der Waals surface area contributed by atoms with Gasteiger partial charge in [-0.15, -0.1) is 0 Å². The molecule has 0 unspecified atom stereocenters. The molecule has 0 saturated heterocycles. The summed E-state index contributed by atoms with van der Waals surface area (Å²) < 4.78 is 59.0. The van der Waals surface area contributed by atoms with Gasteiger partial charge in [-0.3, -0.25) is 4.79 Å². The number of sulfonamides is 1. The Balaban J connectivity index is 2.11. The third kappa shape index (κ3) is 5.21. The van der Waals surface area contributed by atoms with Crippen LogP contribution in [0.25, 0.3) is 0 Å². The van der Waals surface area contributed by atoms with Crippen molar-refractivity contribution in [2.45, 2.75) is 4.90 Å². The number of hydrogen-bond acceptors (Lipinski definition) is 6. The lowest BCUT2D eigenvalue weighted by molar-refractivity contribution is -0.119. The summed E-state index contributed by atoms with van der Waals surface area (Å²) in [5.74, 6) is -3.67. The Bertz CT molecular complexity index is 994. The van der Waals surface area contributed by atoms with Crippen molar-refractivity contribution in [2.75, 3.05) is 19.0 Å². The van der Waals surface area contributed by atoms with Crippen LogP contribution < -0.4 is 15.2 Å². The SMILES string of the molecule is COc1ccc(S(N)(=O)=O)cc1C(=O)OCC(=O)Nc1cc(F)ccc1F. The Hall–Kier alpha value is -3.05. The molecule has 144 valence electrons. The van der Waals surface area contributed by atoms with Gasteiger partial charge in [-0.25, -0.2) is 27.1 Å². The Labute approximate surface area is 152 Å². The topological polar surface area (TPSA) is 125 Å². The summed E-state index contributed by atoms with van der Waals surface area (Å²) in [4.78, 5) is 23.5. The zero-order valence-electron chi connectivity index (χ0n) is 13.9. The van der Waals surface area contributed by atoms with Crippen molar-refractivity contribution in [1.29, 1.82) is 0 Å². The average molecular weight is 400 g/mol. The molecule has 0 heterocycles. The molecule has 0 bridgehead atoms. The highest BCUT2D eigenvalue weighted by Gasteiger charge is 2.19. The van der Waals surface area contributed by atoms with E-state index in [2.05, 4.69) is 0 Å². The minimum atomic E-state index is -4.08. The zero-order chi connectivity index (χ0) is 20.2. The molecule has 0 fully saturated rings. The summed E-state index contributed by atoms with van der Waals surface area (Å²) in [6.45, 7) is -0.836. The normalized spacial score (nSPS) is 11.0. The number of benzene rings is 2. The molecule has 27 heavy (non-hydrogen) atoms. The van der Waals surface area contributed by atoms with Gasteiger partial charge >= 0.3 is 5.97 Å². The molecule has 8 nitrogen and oxygen atoms in total. The summed E-state index contributed by atoms with van der Waals surface area (Å²) in [6, 6.07) is 5.70. The van der Waals surface area contributed by atoms with Gasteiger partial charge in [-0.1, -0.05) is 0 Å². The Morgan fingerprint density at radius 2 is 1.85 bits per heavy atom. The Kier molecular flexibility index (Phi) is 6.08. The number of primary sulfonamides is 1. The first-order valence-electron chi connectivity index (χ1n) is 7.24. The number of nitrogens with two attached hydrogens (primary N) is 1. The first-order chi connectivity index (χ1) is 12.6. The van der Waals surface area contributed by atoms with Crippen LogP contribution in [0.3, 0.4) is 0 Å². The van der Waals surface area contributed by atoms with E-state index in [1.165, 1.54) is 13.2 Å². The number of ether oxygens (including phenoxy) is 2. The van der Waals surface area contributed by atoms with Gasteiger partial charge in [0.25, 0.3) is 5.91 Å². The molecule has 0 atom stereocenters. The van der Waals surface area contributed by atoms with E-state index in [1.54, 1.807) is 0 Å². The van der Waals surface area contributed by atoms with Gasteiger partial charge in [0.2, 0.25) is 10.0 Å². The molecular formula is C16H14F2N2O6S.